The van der Waals surface area contributed by atoms with Crippen LogP contribution in [0.4, 0.5) is 0 Å². The van der Waals surface area contributed by atoms with Gasteiger partial charge in [0.25, 0.3) is 0 Å². The second-order valence-electron chi connectivity index (χ2n) is 11.8. The van der Waals surface area contributed by atoms with Crippen molar-refractivity contribution in [3.05, 3.63) is 23.9 Å². The molecule has 38 heavy (non-hydrogen) atoms. The number of carbonyl (C=O) groups is 2. The molecule has 5 rings (SSSR count). The lowest BCUT2D eigenvalue weighted by Crippen LogP contribution is -2.55. The van der Waals surface area contributed by atoms with Crippen LogP contribution in [-0.2, 0) is 20.8 Å². The molecule has 1 saturated carbocycles. The van der Waals surface area contributed by atoms with Gasteiger partial charge in [-0.2, -0.15) is 5.48 Å². The molecule has 0 spiro atoms. The van der Waals surface area contributed by atoms with E-state index in [4.69, 9.17) is 24.3 Å². The largest absolute Gasteiger partial charge is 0.497 e. The summed E-state index contributed by atoms with van der Waals surface area (Å²) in [6, 6.07) is 3.86. The Morgan fingerprint density at radius 1 is 1.16 bits per heavy atom. The summed E-state index contributed by atoms with van der Waals surface area (Å²) in [5.74, 6) is 0.193. The zero-order chi connectivity index (χ0) is 27.0. The first-order valence-electron chi connectivity index (χ1n) is 13.6. The molecule has 3 aliphatic rings. The summed E-state index contributed by atoms with van der Waals surface area (Å²) in [5, 5.41) is 10.00. The highest BCUT2D eigenvalue weighted by Crippen LogP contribution is 2.38. The van der Waals surface area contributed by atoms with Crippen molar-refractivity contribution in [2.75, 3.05) is 13.7 Å². The number of methoxy groups -OCH3 is 1. The quantitative estimate of drug-likeness (QED) is 0.605. The molecule has 2 fully saturated rings. The third kappa shape index (κ3) is 5.71. The van der Waals surface area contributed by atoms with Crippen LogP contribution in [0.2, 0.25) is 0 Å². The van der Waals surface area contributed by atoms with E-state index in [0.29, 0.717) is 29.5 Å². The van der Waals surface area contributed by atoms with Gasteiger partial charge in [0.05, 0.1) is 30.8 Å². The minimum Gasteiger partial charge on any atom is -0.497 e. The number of benzene rings is 1. The summed E-state index contributed by atoms with van der Waals surface area (Å²) >= 11 is 0. The SMILES string of the molecule is COc1ccc2nc3c(nc2c1)OC1C[C@@H](C(=O)O)N(C1)C(=O)[C@H](C(C)(C)C)NO[C@@H]1C[C@H]1CCCCC3. The molecule has 1 amide bonds. The van der Waals surface area contributed by atoms with E-state index in [1.54, 1.807) is 7.11 Å². The van der Waals surface area contributed by atoms with Gasteiger partial charge < -0.3 is 19.5 Å². The van der Waals surface area contributed by atoms with Crippen LogP contribution in [0.15, 0.2) is 18.2 Å². The summed E-state index contributed by atoms with van der Waals surface area (Å²) in [6.07, 6.45) is 5.58. The maximum absolute atomic E-state index is 13.7. The van der Waals surface area contributed by atoms with E-state index < -0.39 is 29.6 Å². The maximum Gasteiger partial charge on any atom is 0.326 e. The molecule has 10 nitrogen and oxygen atoms in total. The molecule has 1 saturated heterocycles. The van der Waals surface area contributed by atoms with Crippen molar-refractivity contribution >= 4 is 22.9 Å². The van der Waals surface area contributed by atoms with E-state index in [2.05, 4.69) is 5.48 Å². The predicted molar refractivity (Wildman–Crippen MR) is 140 cm³/mol. The normalized spacial score (nSPS) is 28.7. The first-order valence-corrected chi connectivity index (χ1v) is 13.6. The van der Waals surface area contributed by atoms with Crippen LogP contribution in [0.3, 0.4) is 0 Å². The Labute approximate surface area is 223 Å². The average molecular weight is 527 g/mol. The molecule has 2 bridgehead atoms. The van der Waals surface area contributed by atoms with Gasteiger partial charge in [0.1, 0.15) is 29.6 Å². The Kier molecular flexibility index (Phi) is 7.46. The molecule has 10 heteroatoms. The highest BCUT2D eigenvalue weighted by Gasteiger charge is 2.47. The first-order chi connectivity index (χ1) is 18.1. The van der Waals surface area contributed by atoms with Crippen molar-refractivity contribution in [1.29, 1.82) is 0 Å². The van der Waals surface area contributed by atoms with Crippen molar-refractivity contribution in [2.45, 2.75) is 90.0 Å². The average Bonchev–Trinajstić information content (AvgIpc) is 3.47. The number of aromatic nitrogens is 2. The number of nitrogens with zero attached hydrogens (tertiary/aromatic N) is 3. The number of rotatable bonds is 2. The molecule has 1 aliphatic carbocycles. The lowest BCUT2D eigenvalue weighted by molar-refractivity contribution is -0.153. The number of fused-ring (bicyclic) bond motifs is 5. The number of aliphatic carboxylic acids is 1. The third-order valence-corrected chi connectivity index (χ3v) is 7.81. The molecule has 1 unspecified atom stereocenters. The minimum atomic E-state index is -1.05. The maximum atomic E-state index is 13.7. The monoisotopic (exact) mass is 526 g/mol. The molecule has 1 aromatic carbocycles. The molecule has 206 valence electrons. The van der Waals surface area contributed by atoms with Gasteiger partial charge in [-0.25, -0.2) is 14.8 Å². The number of aryl methyl sites for hydroxylation is 1. The number of hydrogen-bond acceptors (Lipinski definition) is 8. The van der Waals surface area contributed by atoms with Gasteiger partial charge in [0, 0.05) is 12.5 Å². The fourth-order valence-electron chi connectivity index (χ4n) is 5.42. The number of nitrogens with one attached hydrogen (secondary N) is 1. The van der Waals surface area contributed by atoms with Gasteiger partial charge in [-0.15, -0.1) is 0 Å². The van der Waals surface area contributed by atoms with Gasteiger partial charge in [-0.1, -0.05) is 33.6 Å². The molecule has 2 aliphatic heterocycles. The van der Waals surface area contributed by atoms with Crippen molar-refractivity contribution in [3.63, 3.8) is 0 Å². The van der Waals surface area contributed by atoms with Gasteiger partial charge in [-0.3, -0.25) is 9.63 Å². The highest BCUT2D eigenvalue weighted by molar-refractivity contribution is 5.88. The summed E-state index contributed by atoms with van der Waals surface area (Å²) in [7, 11) is 1.60. The zero-order valence-corrected chi connectivity index (χ0v) is 22.6. The Hall–Kier alpha value is -2.98. The van der Waals surface area contributed by atoms with Crippen LogP contribution in [-0.4, -0.2) is 69.8 Å². The summed E-state index contributed by atoms with van der Waals surface area (Å²) in [4.78, 5) is 43.0. The number of carbonyl (C=O) groups excluding carboxylic acids is 1. The molecule has 3 heterocycles. The van der Waals surface area contributed by atoms with Crippen LogP contribution in [0.5, 0.6) is 11.6 Å². The number of carboxylic acid groups (broad SMARTS) is 1. The Morgan fingerprint density at radius 3 is 2.71 bits per heavy atom. The Bertz CT molecular complexity index is 1200. The number of ether oxygens (including phenoxy) is 2. The Balaban J connectivity index is 1.48. The van der Waals surface area contributed by atoms with E-state index in [9.17, 15) is 14.7 Å². The molecule has 0 radical (unpaired) electrons. The smallest absolute Gasteiger partial charge is 0.326 e. The fraction of sp³-hybridized carbons (Fsp3) is 0.643. The number of amides is 1. The van der Waals surface area contributed by atoms with Crippen molar-refractivity contribution in [3.8, 4) is 11.6 Å². The van der Waals surface area contributed by atoms with Gasteiger partial charge in [-0.05, 0) is 49.1 Å². The van der Waals surface area contributed by atoms with E-state index in [1.807, 2.05) is 39.0 Å². The van der Waals surface area contributed by atoms with Crippen LogP contribution in [0.25, 0.3) is 11.0 Å². The molecule has 2 aromatic rings. The molecule has 2 N–H and O–H groups in total. The van der Waals surface area contributed by atoms with Crippen molar-refractivity contribution in [2.24, 2.45) is 11.3 Å². The molecule has 5 atom stereocenters. The third-order valence-electron chi connectivity index (χ3n) is 7.81. The number of hydroxylamine groups is 1. The summed E-state index contributed by atoms with van der Waals surface area (Å²) in [5.41, 5.74) is 4.69. The van der Waals surface area contributed by atoms with Gasteiger partial charge in [0.15, 0.2) is 0 Å². The molecular formula is C28H38N4O6. The van der Waals surface area contributed by atoms with Crippen LogP contribution in [0.1, 0.15) is 65.0 Å². The van der Waals surface area contributed by atoms with Crippen LogP contribution in [0, 0.1) is 11.3 Å². The lowest BCUT2D eigenvalue weighted by Gasteiger charge is -2.34. The molecular weight excluding hydrogens is 488 g/mol. The van der Waals surface area contributed by atoms with E-state index in [-0.39, 0.29) is 25.0 Å². The highest BCUT2D eigenvalue weighted by atomic mass is 16.7. The van der Waals surface area contributed by atoms with Gasteiger partial charge in [0.2, 0.25) is 11.8 Å². The standard InChI is InChI=1S/C28H38N4O6/c1-28(2,3)24-26(33)32-15-18(14-22(32)27(34)35)37-25-20(9-7-5-6-8-16-12-23(16)38-31-24)29-19-11-10-17(36-4)13-21(19)30-25/h10-11,13,16,18,22-24,31H,5-9,12,14-15H2,1-4H3,(H,34,35)/t16-,18?,22+,23-,24-/m1/s1. The second-order valence-corrected chi connectivity index (χ2v) is 11.8. The summed E-state index contributed by atoms with van der Waals surface area (Å²) in [6.45, 7) is 5.99. The minimum absolute atomic E-state index is 0.0863. The lowest BCUT2D eigenvalue weighted by atomic mass is 9.86. The zero-order valence-electron chi connectivity index (χ0n) is 22.6. The molecule has 1 aromatic heterocycles. The number of hydrogen-bond donors (Lipinski definition) is 2. The van der Waals surface area contributed by atoms with E-state index in [0.717, 1.165) is 43.3 Å². The topological polar surface area (TPSA) is 123 Å². The van der Waals surface area contributed by atoms with Crippen LogP contribution >= 0.6 is 0 Å². The Morgan fingerprint density at radius 2 is 1.97 bits per heavy atom. The number of carboxylic acids is 1. The van der Waals surface area contributed by atoms with Crippen molar-refractivity contribution < 1.29 is 29.0 Å². The summed E-state index contributed by atoms with van der Waals surface area (Å²) < 4.78 is 11.7. The first kappa shape index (κ1) is 26.6. The van der Waals surface area contributed by atoms with E-state index in [1.165, 1.54) is 4.90 Å². The van der Waals surface area contributed by atoms with Gasteiger partial charge >= 0.3 is 5.97 Å². The van der Waals surface area contributed by atoms with Crippen molar-refractivity contribution in [1.82, 2.24) is 20.3 Å². The second kappa shape index (κ2) is 10.6. The van der Waals surface area contributed by atoms with E-state index >= 15 is 0 Å². The van der Waals surface area contributed by atoms with Crippen LogP contribution < -0.4 is 15.0 Å². The fourth-order valence-corrected chi connectivity index (χ4v) is 5.42. The predicted octanol–water partition coefficient (Wildman–Crippen LogP) is 3.51.